The zero-order chi connectivity index (χ0) is 13.2. The number of hydrogen-bond donors (Lipinski definition) is 0. The van der Waals surface area contributed by atoms with Gasteiger partial charge in [-0.2, -0.15) is 0 Å². The molecule has 1 fully saturated rings. The van der Waals surface area contributed by atoms with Crippen LogP contribution in [0.15, 0.2) is 40.9 Å². The summed E-state index contributed by atoms with van der Waals surface area (Å²) >= 11 is 0. The van der Waals surface area contributed by atoms with Crippen LogP contribution in [0, 0.1) is 6.92 Å². The quantitative estimate of drug-likeness (QED) is 0.829. The first-order chi connectivity index (χ1) is 9.25. The van der Waals surface area contributed by atoms with Crippen LogP contribution in [-0.4, -0.2) is 22.5 Å². The molecule has 2 heterocycles. The fourth-order valence-electron chi connectivity index (χ4n) is 2.61. The third-order valence-electron chi connectivity index (χ3n) is 3.52. The summed E-state index contributed by atoms with van der Waals surface area (Å²) in [6.45, 7) is 2.65. The average Bonchev–Trinajstić information content (AvgIpc) is 3.07. The smallest absolute Gasteiger partial charge is 0.254 e. The highest BCUT2D eigenvalue weighted by molar-refractivity contribution is 5.94. The molecular weight excluding hydrogens is 240 g/mol. The Labute approximate surface area is 112 Å². The molecule has 0 unspecified atom stereocenters. The van der Waals surface area contributed by atoms with Gasteiger partial charge in [0.05, 0.1) is 6.04 Å². The topological polar surface area (TPSA) is 46.3 Å². The maximum atomic E-state index is 12.5. The maximum absolute atomic E-state index is 12.5. The maximum Gasteiger partial charge on any atom is 0.254 e. The fourth-order valence-corrected chi connectivity index (χ4v) is 2.61. The number of hydrogen-bond acceptors (Lipinski definition) is 3. The standard InChI is InChI=1S/C15H16N2O2/c1-11-10-13(16-19-11)14-8-5-9-17(14)15(18)12-6-3-2-4-7-12/h2-4,6-7,10,14H,5,8-9H2,1H3/t14-/m1/s1. The average molecular weight is 256 g/mol. The molecule has 0 saturated carbocycles. The number of carbonyl (C=O) groups excluding carboxylic acids is 1. The van der Waals surface area contributed by atoms with E-state index in [1.54, 1.807) is 0 Å². The van der Waals surface area contributed by atoms with Crippen LogP contribution >= 0.6 is 0 Å². The van der Waals surface area contributed by atoms with Crippen LogP contribution in [0.3, 0.4) is 0 Å². The number of rotatable bonds is 2. The lowest BCUT2D eigenvalue weighted by Gasteiger charge is -2.23. The Balaban J connectivity index is 1.86. The van der Waals surface area contributed by atoms with E-state index >= 15 is 0 Å². The van der Waals surface area contributed by atoms with Crippen LogP contribution in [0.25, 0.3) is 0 Å². The summed E-state index contributed by atoms with van der Waals surface area (Å²) in [7, 11) is 0. The number of likely N-dealkylation sites (tertiary alicyclic amines) is 1. The molecule has 3 rings (SSSR count). The molecule has 1 atom stereocenters. The Morgan fingerprint density at radius 2 is 2.16 bits per heavy atom. The SMILES string of the molecule is Cc1cc([C@H]2CCCN2C(=O)c2ccccc2)no1. The van der Waals surface area contributed by atoms with Gasteiger partial charge in [0.2, 0.25) is 0 Å². The van der Waals surface area contributed by atoms with E-state index in [4.69, 9.17) is 4.52 Å². The van der Waals surface area contributed by atoms with Gasteiger partial charge in [-0.05, 0) is 31.9 Å². The lowest BCUT2D eigenvalue weighted by molar-refractivity contribution is 0.0731. The van der Waals surface area contributed by atoms with Gasteiger partial charge < -0.3 is 9.42 Å². The van der Waals surface area contributed by atoms with Crippen LogP contribution in [0.5, 0.6) is 0 Å². The molecule has 4 nitrogen and oxygen atoms in total. The normalized spacial score (nSPS) is 18.8. The van der Waals surface area contributed by atoms with Crippen molar-refractivity contribution in [3.63, 3.8) is 0 Å². The summed E-state index contributed by atoms with van der Waals surface area (Å²) in [4.78, 5) is 14.4. The molecule has 0 aliphatic carbocycles. The fraction of sp³-hybridized carbons (Fsp3) is 0.333. The van der Waals surface area contributed by atoms with Crippen molar-refractivity contribution in [3.05, 3.63) is 53.4 Å². The molecule has 1 aliphatic heterocycles. The van der Waals surface area contributed by atoms with Gasteiger partial charge in [0.15, 0.2) is 0 Å². The van der Waals surface area contributed by atoms with Crippen molar-refractivity contribution < 1.29 is 9.32 Å². The van der Waals surface area contributed by atoms with Crippen LogP contribution in [0.1, 0.15) is 40.7 Å². The first-order valence-electron chi connectivity index (χ1n) is 6.55. The minimum atomic E-state index is 0.0464. The summed E-state index contributed by atoms with van der Waals surface area (Å²) in [6.07, 6.45) is 1.96. The minimum absolute atomic E-state index is 0.0464. The number of benzene rings is 1. The summed E-state index contributed by atoms with van der Waals surface area (Å²) in [5.41, 5.74) is 1.59. The predicted molar refractivity (Wildman–Crippen MR) is 70.7 cm³/mol. The van der Waals surface area contributed by atoms with Crippen molar-refractivity contribution in [2.24, 2.45) is 0 Å². The zero-order valence-corrected chi connectivity index (χ0v) is 10.9. The van der Waals surface area contributed by atoms with E-state index in [1.165, 1.54) is 0 Å². The Hall–Kier alpha value is -2.10. The number of amides is 1. The number of nitrogens with zero attached hydrogens (tertiary/aromatic N) is 2. The second-order valence-electron chi connectivity index (χ2n) is 4.89. The van der Waals surface area contributed by atoms with E-state index in [0.717, 1.165) is 36.4 Å². The van der Waals surface area contributed by atoms with Crippen molar-refractivity contribution in [1.29, 1.82) is 0 Å². The van der Waals surface area contributed by atoms with Crippen molar-refractivity contribution in [2.75, 3.05) is 6.54 Å². The van der Waals surface area contributed by atoms with Gasteiger partial charge in [-0.3, -0.25) is 4.79 Å². The van der Waals surface area contributed by atoms with Crippen LogP contribution in [-0.2, 0) is 0 Å². The van der Waals surface area contributed by atoms with Crippen molar-refractivity contribution in [1.82, 2.24) is 10.1 Å². The van der Waals surface area contributed by atoms with Gasteiger partial charge in [0, 0.05) is 18.2 Å². The van der Waals surface area contributed by atoms with Crippen molar-refractivity contribution in [2.45, 2.75) is 25.8 Å². The lowest BCUT2D eigenvalue weighted by atomic mass is 10.1. The first-order valence-corrected chi connectivity index (χ1v) is 6.55. The molecule has 0 spiro atoms. The molecule has 1 aliphatic rings. The van der Waals surface area contributed by atoms with Crippen LogP contribution in [0.2, 0.25) is 0 Å². The van der Waals surface area contributed by atoms with Gasteiger partial charge in [0.25, 0.3) is 5.91 Å². The minimum Gasteiger partial charge on any atom is -0.361 e. The van der Waals surface area contributed by atoms with Crippen LogP contribution < -0.4 is 0 Å². The molecule has 0 radical (unpaired) electrons. The molecule has 1 saturated heterocycles. The Morgan fingerprint density at radius 3 is 2.84 bits per heavy atom. The molecule has 98 valence electrons. The molecule has 2 aromatic rings. The third-order valence-corrected chi connectivity index (χ3v) is 3.52. The van der Waals surface area contributed by atoms with Gasteiger partial charge in [-0.25, -0.2) is 0 Å². The van der Waals surface area contributed by atoms with E-state index in [0.29, 0.717) is 0 Å². The highest BCUT2D eigenvalue weighted by atomic mass is 16.5. The van der Waals surface area contributed by atoms with Gasteiger partial charge in [-0.15, -0.1) is 0 Å². The molecular formula is C15H16N2O2. The highest BCUT2D eigenvalue weighted by Crippen LogP contribution is 2.32. The van der Waals surface area contributed by atoms with E-state index in [1.807, 2.05) is 48.2 Å². The van der Waals surface area contributed by atoms with Crippen LogP contribution in [0.4, 0.5) is 0 Å². The Bertz CT molecular complexity index is 577. The molecule has 1 amide bonds. The van der Waals surface area contributed by atoms with E-state index < -0.39 is 0 Å². The van der Waals surface area contributed by atoms with E-state index in [2.05, 4.69) is 5.16 Å². The molecule has 1 aromatic heterocycles. The molecule has 19 heavy (non-hydrogen) atoms. The largest absolute Gasteiger partial charge is 0.361 e. The van der Waals surface area contributed by atoms with E-state index in [9.17, 15) is 4.79 Å². The van der Waals surface area contributed by atoms with Gasteiger partial charge >= 0.3 is 0 Å². The number of aryl methyl sites for hydroxylation is 1. The molecule has 1 aromatic carbocycles. The summed E-state index contributed by atoms with van der Waals surface area (Å²) in [5.74, 6) is 0.859. The predicted octanol–water partition coefficient (Wildman–Crippen LogP) is 2.96. The van der Waals surface area contributed by atoms with Gasteiger partial charge in [0.1, 0.15) is 11.5 Å². The second-order valence-corrected chi connectivity index (χ2v) is 4.89. The lowest BCUT2D eigenvalue weighted by Crippen LogP contribution is -2.30. The monoisotopic (exact) mass is 256 g/mol. The second kappa shape index (κ2) is 4.88. The third kappa shape index (κ3) is 2.26. The summed E-state index contributed by atoms with van der Waals surface area (Å²) in [5, 5.41) is 4.06. The highest BCUT2D eigenvalue weighted by Gasteiger charge is 2.32. The summed E-state index contributed by atoms with van der Waals surface area (Å²) in [6, 6.07) is 11.4. The molecule has 0 bridgehead atoms. The zero-order valence-electron chi connectivity index (χ0n) is 10.9. The Morgan fingerprint density at radius 1 is 1.37 bits per heavy atom. The molecule has 4 heteroatoms. The van der Waals surface area contributed by atoms with Crippen molar-refractivity contribution in [3.8, 4) is 0 Å². The first kappa shape index (κ1) is 12.0. The number of aromatic nitrogens is 1. The van der Waals surface area contributed by atoms with Crippen molar-refractivity contribution >= 4 is 5.91 Å². The Kier molecular flexibility index (Phi) is 3.07. The van der Waals surface area contributed by atoms with Gasteiger partial charge in [-0.1, -0.05) is 23.4 Å². The number of carbonyl (C=O) groups is 1. The summed E-state index contributed by atoms with van der Waals surface area (Å²) < 4.78 is 5.12. The van der Waals surface area contributed by atoms with E-state index in [-0.39, 0.29) is 11.9 Å². The molecule has 0 N–H and O–H groups in total.